The second kappa shape index (κ2) is 11.6. The number of hydrogen-bond donors (Lipinski definition) is 0. The summed E-state index contributed by atoms with van der Waals surface area (Å²) in [5.41, 5.74) is -0.208. The van der Waals surface area contributed by atoms with Crippen molar-refractivity contribution in [1.82, 2.24) is 14.6 Å². The third-order valence-electron chi connectivity index (χ3n) is 6.65. The number of rotatable bonds is 9. The number of para-hydroxylation sites is 1. The van der Waals surface area contributed by atoms with Crippen LogP contribution in [0.5, 0.6) is 23.1 Å². The largest absolute Gasteiger partial charge is 0.496 e. The first kappa shape index (κ1) is 28.5. The molecule has 6 rings (SSSR count). The molecule has 0 aliphatic heterocycles. The molecule has 0 aliphatic rings. The number of furan rings is 1. The first-order valence-corrected chi connectivity index (χ1v) is 13.0. The summed E-state index contributed by atoms with van der Waals surface area (Å²) in [5, 5.41) is 28.3. The Kier molecular flexibility index (Phi) is 7.32. The van der Waals surface area contributed by atoms with Crippen LogP contribution in [0.1, 0.15) is 5.56 Å². The zero-order chi connectivity index (χ0) is 31.7. The first-order valence-electron chi connectivity index (χ1n) is 13.0. The molecule has 0 spiro atoms. The number of hydrogen-bond acceptors (Lipinski definition) is 12. The van der Waals surface area contributed by atoms with E-state index in [0.717, 1.165) is 23.0 Å². The summed E-state index contributed by atoms with van der Waals surface area (Å²) >= 11 is 0. The molecule has 3 heterocycles. The number of ether oxygens (including phenoxy) is 3. The van der Waals surface area contributed by atoms with Gasteiger partial charge in [-0.05, 0) is 36.4 Å². The summed E-state index contributed by atoms with van der Waals surface area (Å²) in [6.07, 6.45) is 2.19. The van der Waals surface area contributed by atoms with E-state index in [1.165, 1.54) is 32.6 Å². The minimum absolute atomic E-state index is 0.0561. The molecule has 0 aliphatic carbocycles. The summed E-state index contributed by atoms with van der Waals surface area (Å²) in [6, 6.07) is 18.6. The molecule has 224 valence electrons. The van der Waals surface area contributed by atoms with Crippen molar-refractivity contribution < 1.29 is 28.5 Å². The van der Waals surface area contributed by atoms with Crippen LogP contribution in [-0.2, 0) is 0 Å². The number of aromatic nitrogens is 3. The van der Waals surface area contributed by atoms with E-state index in [1.807, 2.05) is 0 Å². The summed E-state index contributed by atoms with van der Waals surface area (Å²) in [5.74, 6) is 0.397. The van der Waals surface area contributed by atoms with Gasteiger partial charge < -0.3 is 18.6 Å². The lowest BCUT2D eigenvalue weighted by molar-refractivity contribution is -0.385. The Morgan fingerprint density at radius 1 is 0.911 bits per heavy atom. The Labute approximate surface area is 251 Å². The highest BCUT2D eigenvalue weighted by Crippen LogP contribution is 2.40. The minimum atomic E-state index is -0.697. The smallest absolute Gasteiger partial charge is 0.316 e. The molecule has 0 N–H and O–H groups in total. The molecule has 15 heteroatoms. The normalized spacial score (nSPS) is 11.2. The number of pyridine rings is 1. The maximum absolute atomic E-state index is 13.6. The average molecular weight is 609 g/mol. The predicted molar refractivity (Wildman–Crippen MR) is 161 cm³/mol. The van der Waals surface area contributed by atoms with Crippen LogP contribution in [0.25, 0.3) is 33.5 Å². The van der Waals surface area contributed by atoms with Crippen LogP contribution in [0, 0.1) is 20.2 Å². The molecule has 0 saturated heterocycles. The van der Waals surface area contributed by atoms with Gasteiger partial charge in [-0.15, -0.1) is 0 Å². The summed E-state index contributed by atoms with van der Waals surface area (Å²) in [6.45, 7) is 0. The van der Waals surface area contributed by atoms with Gasteiger partial charge in [0.2, 0.25) is 17.5 Å². The third kappa shape index (κ3) is 5.36. The van der Waals surface area contributed by atoms with E-state index in [9.17, 15) is 25.0 Å². The number of nitrogens with zero attached hydrogens (tertiary/aromatic N) is 6. The van der Waals surface area contributed by atoms with E-state index in [-0.39, 0.29) is 45.6 Å². The van der Waals surface area contributed by atoms with E-state index >= 15 is 0 Å². The molecule has 0 amide bonds. The van der Waals surface area contributed by atoms with Crippen molar-refractivity contribution in [3.63, 3.8) is 0 Å². The second-order valence-electron chi connectivity index (χ2n) is 9.34. The minimum Gasteiger partial charge on any atom is -0.496 e. The van der Waals surface area contributed by atoms with Crippen molar-refractivity contribution in [2.24, 2.45) is 5.10 Å². The fraction of sp³-hybridized carbons (Fsp3) is 0.0667. The lowest BCUT2D eigenvalue weighted by atomic mass is 10.2. The van der Waals surface area contributed by atoms with Crippen LogP contribution < -0.4 is 19.8 Å². The van der Waals surface area contributed by atoms with E-state index in [1.54, 1.807) is 48.5 Å². The Hall–Kier alpha value is -6.64. The summed E-state index contributed by atoms with van der Waals surface area (Å²) in [4.78, 5) is 43.8. The maximum Gasteiger partial charge on any atom is 0.316 e. The topological polar surface area (TPSA) is 187 Å². The summed E-state index contributed by atoms with van der Waals surface area (Å²) < 4.78 is 23.5. The highest BCUT2D eigenvalue weighted by Gasteiger charge is 2.24. The lowest BCUT2D eigenvalue weighted by Gasteiger charge is -2.11. The molecule has 0 radical (unpaired) electrons. The van der Waals surface area contributed by atoms with E-state index in [4.69, 9.17) is 18.6 Å². The van der Waals surface area contributed by atoms with Gasteiger partial charge >= 0.3 is 5.69 Å². The van der Waals surface area contributed by atoms with Gasteiger partial charge in [0.1, 0.15) is 17.5 Å². The van der Waals surface area contributed by atoms with Gasteiger partial charge in [-0.25, -0.2) is 9.97 Å². The number of methoxy groups -OCH3 is 2. The molecule has 0 unspecified atom stereocenters. The maximum atomic E-state index is 13.6. The summed E-state index contributed by atoms with van der Waals surface area (Å²) in [7, 11) is 2.81. The average Bonchev–Trinajstić information content (AvgIpc) is 3.49. The van der Waals surface area contributed by atoms with Crippen molar-refractivity contribution in [3.8, 4) is 34.7 Å². The molecule has 3 aromatic heterocycles. The highest BCUT2D eigenvalue weighted by molar-refractivity contribution is 5.89. The van der Waals surface area contributed by atoms with Gasteiger partial charge in [0.05, 0.1) is 46.6 Å². The Morgan fingerprint density at radius 2 is 1.71 bits per heavy atom. The Balaban J connectivity index is 1.46. The van der Waals surface area contributed by atoms with Gasteiger partial charge in [-0.1, -0.05) is 18.2 Å². The monoisotopic (exact) mass is 608 g/mol. The molecular formula is C30H20N6O9. The quantitative estimate of drug-likeness (QED) is 0.111. The Bertz CT molecular complexity index is 2210. The van der Waals surface area contributed by atoms with Gasteiger partial charge in [-0.2, -0.15) is 9.78 Å². The number of benzene rings is 3. The molecule has 0 saturated carbocycles. The van der Waals surface area contributed by atoms with Crippen molar-refractivity contribution in [2.45, 2.75) is 0 Å². The molecule has 0 fully saturated rings. The van der Waals surface area contributed by atoms with Crippen molar-refractivity contribution in [1.29, 1.82) is 0 Å². The van der Waals surface area contributed by atoms with Gasteiger partial charge in [0.25, 0.3) is 11.2 Å². The van der Waals surface area contributed by atoms with Gasteiger partial charge in [-0.3, -0.25) is 25.0 Å². The number of fused-ring (bicyclic) bond motifs is 2. The molecule has 3 aromatic carbocycles. The van der Waals surface area contributed by atoms with Crippen molar-refractivity contribution in [2.75, 3.05) is 14.2 Å². The van der Waals surface area contributed by atoms with Gasteiger partial charge in [0, 0.05) is 23.8 Å². The van der Waals surface area contributed by atoms with Crippen LogP contribution in [0.15, 0.2) is 93.3 Å². The molecule has 45 heavy (non-hydrogen) atoms. The van der Waals surface area contributed by atoms with E-state index in [0.29, 0.717) is 22.2 Å². The predicted octanol–water partition coefficient (Wildman–Crippen LogP) is 5.71. The van der Waals surface area contributed by atoms with Crippen molar-refractivity contribution >= 4 is 39.5 Å². The zero-order valence-electron chi connectivity index (χ0n) is 23.4. The molecule has 6 aromatic rings. The highest BCUT2D eigenvalue weighted by atomic mass is 16.6. The van der Waals surface area contributed by atoms with Crippen LogP contribution in [0.3, 0.4) is 0 Å². The van der Waals surface area contributed by atoms with Crippen LogP contribution in [-0.4, -0.2) is 44.9 Å². The zero-order valence-corrected chi connectivity index (χ0v) is 23.4. The van der Waals surface area contributed by atoms with E-state index in [2.05, 4.69) is 15.1 Å². The van der Waals surface area contributed by atoms with Crippen LogP contribution >= 0.6 is 0 Å². The standard InChI is InChI=1S/C30H20N6O9/c1-42-23-8-5-9-24-20(23)14-26(44-24)29-33-21-7-4-3-6-19(21)30(37)34(29)32-15-17-12-22(36(40)41)28(25(13-17)43-2)45-27-11-10-18(16-31-27)35(38)39/h3-16H,1-2H3. The number of nitro benzene ring substituents is 1. The second-order valence-corrected chi connectivity index (χ2v) is 9.34. The Morgan fingerprint density at radius 3 is 2.42 bits per heavy atom. The van der Waals surface area contributed by atoms with E-state index < -0.39 is 21.1 Å². The fourth-order valence-corrected chi connectivity index (χ4v) is 4.56. The van der Waals surface area contributed by atoms with Crippen LogP contribution in [0.4, 0.5) is 11.4 Å². The molecular weight excluding hydrogens is 588 g/mol. The lowest BCUT2D eigenvalue weighted by Crippen LogP contribution is -2.20. The molecule has 15 nitrogen and oxygen atoms in total. The molecule has 0 bridgehead atoms. The SMILES string of the molecule is COc1cc(C=Nn2c(-c3cc4c(OC)cccc4o3)nc3ccccc3c2=O)cc([N+](=O)[O-])c1Oc1ccc([N+](=O)[O-])cn1. The van der Waals surface area contributed by atoms with Crippen LogP contribution in [0.2, 0.25) is 0 Å². The van der Waals surface area contributed by atoms with Crippen molar-refractivity contribution in [3.05, 3.63) is 115 Å². The first-order chi connectivity index (χ1) is 21.8. The molecule has 0 atom stereocenters. The van der Waals surface area contributed by atoms with Gasteiger partial charge in [0.15, 0.2) is 11.5 Å². The third-order valence-corrected chi connectivity index (χ3v) is 6.65. The fourth-order valence-electron chi connectivity index (χ4n) is 4.56. The number of nitro groups is 2.